The summed E-state index contributed by atoms with van der Waals surface area (Å²) in [6, 6.07) is 14.0. The molecule has 0 radical (unpaired) electrons. The molecule has 5 heteroatoms. The maximum absolute atomic E-state index is 12.5. The third kappa shape index (κ3) is 3.14. The largest absolute Gasteiger partial charge is 0.292 e. The number of nitriles is 1. The Kier molecular flexibility index (Phi) is 5.03. The molecule has 2 aromatic rings. The van der Waals surface area contributed by atoms with E-state index in [4.69, 9.17) is 23.2 Å². The maximum atomic E-state index is 12.5. The first-order chi connectivity index (χ1) is 9.54. The Hall–Kier alpha value is -1.09. The van der Waals surface area contributed by atoms with Gasteiger partial charge in [-0.2, -0.15) is 5.26 Å². The molecule has 0 aliphatic carbocycles. The number of hydrogen-bond acceptors (Lipinski definition) is 2. The van der Waals surface area contributed by atoms with E-state index in [0.29, 0.717) is 21.2 Å². The quantitative estimate of drug-likeness (QED) is 0.517. The highest BCUT2D eigenvalue weighted by Gasteiger charge is 2.23. The maximum Gasteiger partial charge on any atom is 0.185 e. The number of halogens is 3. The second-order valence-electron chi connectivity index (χ2n) is 4.08. The molecule has 0 spiro atoms. The van der Waals surface area contributed by atoms with Crippen molar-refractivity contribution in [1.29, 1.82) is 5.26 Å². The van der Waals surface area contributed by atoms with Crippen LogP contribution < -0.4 is 0 Å². The SMILES string of the molecule is N#CC(C(=O)c1ccccc1I)c1ccc(Cl)c(Cl)c1. The van der Waals surface area contributed by atoms with Crippen molar-refractivity contribution >= 4 is 51.6 Å². The molecule has 0 amide bonds. The molecule has 0 N–H and O–H groups in total. The number of rotatable bonds is 3. The van der Waals surface area contributed by atoms with Crippen LogP contribution in [0.4, 0.5) is 0 Å². The van der Waals surface area contributed by atoms with E-state index in [2.05, 4.69) is 22.6 Å². The fourth-order valence-corrected chi connectivity index (χ4v) is 2.75. The Labute approximate surface area is 140 Å². The van der Waals surface area contributed by atoms with Crippen molar-refractivity contribution in [3.8, 4) is 6.07 Å². The lowest BCUT2D eigenvalue weighted by Crippen LogP contribution is -2.12. The van der Waals surface area contributed by atoms with E-state index in [1.165, 1.54) is 0 Å². The zero-order valence-electron chi connectivity index (χ0n) is 10.1. The van der Waals surface area contributed by atoms with E-state index in [1.54, 1.807) is 30.3 Å². The van der Waals surface area contributed by atoms with Crippen LogP contribution in [0.25, 0.3) is 0 Å². The Morgan fingerprint density at radius 2 is 1.85 bits per heavy atom. The van der Waals surface area contributed by atoms with E-state index in [0.717, 1.165) is 3.57 Å². The van der Waals surface area contributed by atoms with Crippen molar-refractivity contribution in [2.45, 2.75) is 5.92 Å². The van der Waals surface area contributed by atoms with Gasteiger partial charge in [0, 0.05) is 9.13 Å². The molecule has 0 aliphatic rings. The Balaban J connectivity index is 2.43. The van der Waals surface area contributed by atoms with Gasteiger partial charge in [-0.25, -0.2) is 0 Å². The summed E-state index contributed by atoms with van der Waals surface area (Å²) in [4.78, 5) is 12.5. The summed E-state index contributed by atoms with van der Waals surface area (Å²) in [6.07, 6.45) is 0. The molecular weight excluding hydrogens is 408 g/mol. The minimum absolute atomic E-state index is 0.240. The summed E-state index contributed by atoms with van der Waals surface area (Å²) in [5.41, 5.74) is 1.08. The van der Waals surface area contributed by atoms with Crippen molar-refractivity contribution in [2.24, 2.45) is 0 Å². The van der Waals surface area contributed by atoms with Crippen LogP contribution in [-0.2, 0) is 0 Å². The van der Waals surface area contributed by atoms with Crippen LogP contribution in [0.2, 0.25) is 10.0 Å². The third-order valence-electron chi connectivity index (χ3n) is 2.81. The fraction of sp³-hybridized carbons (Fsp3) is 0.0667. The first-order valence-electron chi connectivity index (χ1n) is 5.68. The molecule has 0 fully saturated rings. The Bertz CT molecular complexity index is 709. The summed E-state index contributed by atoms with van der Waals surface area (Å²) >= 11 is 13.9. The summed E-state index contributed by atoms with van der Waals surface area (Å²) in [7, 11) is 0. The van der Waals surface area contributed by atoms with E-state index in [9.17, 15) is 10.1 Å². The van der Waals surface area contributed by atoms with Gasteiger partial charge in [0.05, 0.1) is 16.1 Å². The normalized spacial score (nSPS) is 11.7. The molecule has 0 saturated heterocycles. The number of hydrogen-bond donors (Lipinski definition) is 0. The molecule has 100 valence electrons. The average molecular weight is 416 g/mol. The van der Waals surface area contributed by atoms with Gasteiger partial charge in [0.15, 0.2) is 5.78 Å². The molecule has 0 saturated carbocycles. The predicted molar refractivity (Wildman–Crippen MR) is 88.3 cm³/mol. The average Bonchev–Trinajstić information content (AvgIpc) is 2.44. The second-order valence-corrected chi connectivity index (χ2v) is 6.06. The number of ketones is 1. The molecule has 20 heavy (non-hydrogen) atoms. The first kappa shape index (κ1) is 15.3. The van der Waals surface area contributed by atoms with Crippen molar-refractivity contribution < 1.29 is 4.79 Å². The van der Waals surface area contributed by atoms with Gasteiger partial charge in [-0.05, 0) is 46.4 Å². The molecule has 0 aromatic heterocycles. The molecular formula is C15H8Cl2INO. The van der Waals surface area contributed by atoms with Gasteiger partial charge in [0.1, 0.15) is 5.92 Å². The minimum atomic E-state index is -0.888. The molecule has 2 rings (SSSR count). The molecule has 2 aromatic carbocycles. The van der Waals surface area contributed by atoms with Crippen LogP contribution in [0, 0.1) is 14.9 Å². The van der Waals surface area contributed by atoms with Gasteiger partial charge < -0.3 is 0 Å². The molecule has 0 heterocycles. The van der Waals surface area contributed by atoms with Gasteiger partial charge in [0.2, 0.25) is 0 Å². The van der Waals surface area contributed by atoms with Crippen LogP contribution in [0.3, 0.4) is 0 Å². The number of benzene rings is 2. The molecule has 2 nitrogen and oxygen atoms in total. The highest BCUT2D eigenvalue weighted by molar-refractivity contribution is 14.1. The van der Waals surface area contributed by atoms with Crippen LogP contribution >= 0.6 is 45.8 Å². The molecule has 0 aliphatic heterocycles. The van der Waals surface area contributed by atoms with Gasteiger partial charge in [-0.3, -0.25) is 4.79 Å². The van der Waals surface area contributed by atoms with Crippen molar-refractivity contribution in [3.05, 3.63) is 67.2 Å². The standard InChI is InChI=1S/C15H8Cl2INO/c16-12-6-5-9(7-13(12)17)11(8-19)15(20)10-3-1-2-4-14(10)18/h1-7,11H. The van der Waals surface area contributed by atoms with Crippen molar-refractivity contribution in [1.82, 2.24) is 0 Å². The number of carbonyl (C=O) groups is 1. The second kappa shape index (κ2) is 6.57. The molecule has 1 atom stereocenters. The summed E-state index contributed by atoms with van der Waals surface area (Å²) in [5, 5.41) is 10.0. The predicted octanol–water partition coefficient (Wildman–Crippen LogP) is 5.09. The lowest BCUT2D eigenvalue weighted by molar-refractivity contribution is 0.0978. The van der Waals surface area contributed by atoms with Crippen molar-refractivity contribution in [2.75, 3.05) is 0 Å². The van der Waals surface area contributed by atoms with E-state index < -0.39 is 5.92 Å². The lowest BCUT2D eigenvalue weighted by Gasteiger charge is -2.11. The van der Waals surface area contributed by atoms with Crippen LogP contribution in [0.15, 0.2) is 42.5 Å². The minimum Gasteiger partial charge on any atom is -0.292 e. The van der Waals surface area contributed by atoms with Crippen LogP contribution in [0.1, 0.15) is 21.8 Å². The highest BCUT2D eigenvalue weighted by Crippen LogP contribution is 2.29. The lowest BCUT2D eigenvalue weighted by atomic mass is 9.92. The van der Waals surface area contributed by atoms with Gasteiger partial charge in [0.25, 0.3) is 0 Å². The number of Topliss-reactive ketones (excluding diaryl/α,β-unsaturated/α-hetero) is 1. The van der Waals surface area contributed by atoms with Gasteiger partial charge >= 0.3 is 0 Å². The Morgan fingerprint density at radius 1 is 1.15 bits per heavy atom. The zero-order chi connectivity index (χ0) is 14.7. The summed E-state index contributed by atoms with van der Waals surface area (Å²) in [5.74, 6) is -1.13. The smallest absolute Gasteiger partial charge is 0.185 e. The van der Waals surface area contributed by atoms with E-state index >= 15 is 0 Å². The van der Waals surface area contributed by atoms with Gasteiger partial charge in [-0.15, -0.1) is 0 Å². The Morgan fingerprint density at radius 3 is 2.45 bits per heavy atom. The van der Waals surface area contributed by atoms with Gasteiger partial charge in [-0.1, -0.05) is 47.5 Å². The fourth-order valence-electron chi connectivity index (χ4n) is 1.79. The zero-order valence-corrected chi connectivity index (χ0v) is 13.8. The molecule has 1 unspecified atom stereocenters. The third-order valence-corrected chi connectivity index (χ3v) is 4.49. The number of nitrogens with zero attached hydrogens (tertiary/aromatic N) is 1. The van der Waals surface area contributed by atoms with Crippen LogP contribution in [0.5, 0.6) is 0 Å². The van der Waals surface area contributed by atoms with E-state index in [-0.39, 0.29) is 5.78 Å². The molecule has 0 bridgehead atoms. The number of carbonyl (C=O) groups excluding carboxylic acids is 1. The topological polar surface area (TPSA) is 40.9 Å². The monoisotopic (exact) mass is 415 g/mol. The van der Waals surface area contributed by atoms with Crippen molar-refractivity contribution in [3.63, 3.8) is 0 Å². The highest BCUT2D eigenvalue weighted by atomic mass is 127. The first-order valence-corrected chi connectivity index (χ1v) is 7.51. The summed E-state index contributed by atoms with van der Waals surface area (Å²) in [6.45, 7) is 0. The van der Waals surface area contributed by atoms with E-state index in [1.807, 2.05) is 18.2 Å². The summed E-state index contributed by atoms with van der Waals surface area (Å²) < 4.78 is 0.815. The van der Waals surface area contributed by atoms with Crippen LogP contribution in [-0.4, -0.2) is 5.78 Å².